The van der Waals surface area contributed by atoms with E-state index in [1.54, 1.807) is 11.1 Å². The molecule has 1 aliphatic rings. The first-order chi connectivity index (χ1) is 10.7. The van der Waals surface area contributed by atoms with Crippen molar-refractivity contribution in [3.63, 3.8) is 0 Å². The minimum Gasteiger partial charge on any atom is -0.373 e. The molecule has 0 saturated carbocycles. The molecule has 6 heteroatoms. The first-order valence-corrected chi connectivity index (χ1v) is 7.10. The molecule has 22 heavy (non-hydrogen) atoms. The highest BCUT2D eigenvalue weighted by atomic mass is 16.1. The Labute approximate surface area is 129 Å². The molecule has 0 bridgehead atoms. The van der Waals surface area contributed by atoms with Gasteiger partial charge in [-0.1, -0.05) is 30.3 Å². The van der Waals surface area contributed by atoms with Crippen LogP contribution in [0.2, 0.25) is 0 Å². The quantitative estimate of drug-likeness (QED) is 0.487. The van der Waals surface area contributed by atoms with Gasteiger partial charge in [-0.3, -0.25) is 9.59 Å². The van der Waals surface area contributed by atoms with Gasteiger partial charge >= 0.3 is 0 Å². The van der Waals surface area contributed by atoms with Gasteiger partial charge in [0.2, 0.25) is 6.41 Å². The lowest BCUT2D eigenvalue weighted by Gasteiger charge is -2.31. The number of hydrogen-bond donors (Lipinski definition) is 1. The number of piperazine rings is 1. The van der Waals surface area contributed by atoms with Gasteiger partial charge in [0.25, 0.3) is 5.91 Å². The summed E-state index contributed by atoms with van der Waals surface area (Å²) in [6, 6.07) is 11.5. The first kappa shape index (κ1) is 15.6. The van der Waals surface area contributed by atoms with E-state index in [1.165, 1.54) is 0 Å². The average Bonchev–Trinajstić information content (AvgIpc) is 2.59. The van der Waals surface area contributed by atoms with Crippen molar-refractivity contribution < 1.29 is 9.59 Å². The molecule has 2 rings (SSSR count). The number of nitrogens with one attached hydrogen (secondary N) is 1. The predicted octanol–water partition coefficient (Wildman–Crippen LogP) is 0.484. The summed E-state index contributed by atoms with van der Waals surface area (Å²) in [5, 5.41) is 11.9. The minimum absolute atomic E-state index is 0.0792. The van der Waals surface area contributed by atoms with E-state index in [2.05, 4.69) is 5.32 Å². The van der Waals surface area contributed by atoms with E-state index in [1.807, 2.05) is 41.3 Å². The molecule has 0 unspecified atom stereocenters. The van der Waals surface area contributed by atoms with Crippen molar-refractivity contribution in [2.75, 3.05) is 26.2 Å². The number of carbonyl (C=O) groups is 2. The number of rotatable bonds is 5. The zero-order chi connectivity index (χ0) is 15.8. The number of nitriles is 1. The summed E-state index contributed by atoms with van der Waals surface area (Å²) in [6.07, 6.45) is 2.39. The number of benzene rings is 1. The SMILES string of the molecule is N#C/C(=C/N1CCN(C=O)CC1)C(=O)NCc1ccccc1. The smallest absolute Gasteiger partial charge is 0.263 e. The molecule has 1 N–H and O–H groups in total. The second kappa shape index (κ2) is 7.84. The molecule has 0 aliphatic carbocycles. The topological polar surface area (TPSA) is 76.4 Å². The maximum absolute atomic E-state index is 12.0. The Hall–Kier alpha value is -2.81. The molecular formula is C16H18N4O2. The van der Waals surface area contributed by atoms with Gasteiger partial charge in [-0.15, -0.1) is 0 Å². The summed E-state index contributed by atoms with van der Waals surface area (Å²) in [4.78, 5) is 26.3. The maximum atomic E-state index is 12.0. The Morgan fingerprint density at radius 3 is 2.41 bits per heavy atom. The lowest BCUT2D eigenvalue weighted by atomic mass is 10.2. The molecule has 1 aromatic carbocycles. The fourth-order valence-corrected chi connectivity index (χ4v) is 2.17. The number of hydrogen-bond acceptors (Lipinski definition) is 4. The van der Waals surface area contributed by atoms with Gasteiger partial charge in [0, 0.05) is 38.9 Å². The van der Waals surface area contributed by atoms with E-state index in [9.17, 15) is 9.59 Å². The molecule has 0 radical (unpaired) electrons. The lowest BCUT2D eigenvalue weighted by Crippen LogP contribution is -2.43. The summed E-state index contributed by atoms with van der Waals surface area (Å²) in [5.41, 5.74) is 1.06. The first-order valence-electron chi connectivity index (χ1n) is 7.10. The minimum atomic E-state index is -0.385. The van der Waals surface area contributed by atoms with E-state index in [4.69, 9.17) is 5.26 Å². The van der Waals surface area contributed by atoms with Crippen molar-refractivity contribution in [1.82, 2.24) is 15.1 Å². The maximum Gasteiger partial charge on any atom is 0.263 e. The third kappa shape index (κ3) is 4.35. The Morgan fingerprint density at radius 2 is 1.82 bits per heavy atom. The summed E-state index contributed by atoms with van der Waals surface area (Å²) in [5.74, 6) is -0.385. The molecule has 0 atom stereocenters. The van der Waals surface area contributed by atoms with Crippen LogP contribution in [-0.4, -0.2) is 48.3 Å². The largest absolute Gasteiger partial charge is 0.373 e. The summed E-state index contributed by atoms with van der Waals surface area (Å²) >= 11 is 0. The van der Waals surface area contributed by atoms with Crippen molar-refractivity contribution in [3.05, 3.63) is 47.7 Å². The molecule has 1 aromatic rings. The van der Waals surface area contributed by atoms with Crippen LogP contribution in [0.4, 0.5) is 0 Å². The normalized spacial score (nSPS) is 15.1. The van der Waals surface area contributed by atoms with Crippen LogP contribution in [0.1, 0.15) is 5.56 Å². The highest BCUT2D eigenvalue weighted by Gasteiger charge is 2.15. The number of nitrogens with zero attached hydrogens (tertiary/aromatic N) is 3. The highest BCUT2D eigenvalue weighted by Crippen LogP contribution is 2.04. The average molecular weight is 298 g/mol. The summed E-state index contributed by atoms with van der Waals surface area (Å²) < 4.78 is 0. The fraction of sp³-hybridized carbons (Fsp3) is 0.312. The van der Waals surface area contributed by atoms with Gasteiger partial charge in [-0.2, -0.15) is 5.26 Å². The Morgan fingerprint density at radius 1 is 1.18 bits per heavy atom. The zero-order valence-corrected chi connectivity index (χ0v) is 12.2. The molecular weight excluding hydrogens is 280 g/mol. The van der Waals surface area contributed by atoms with E-state index in [0.717, 1.165) is 12.0 Å². The van der Waals surface area contributed by atoms with Gasteiger partial charge in [0.05, 0.1) is 0 Å². The number of amides is 2. The molecule has 0 aromatic heterocycles. The monoisotopic (exact) mass is 298 g/mol. The Bertz CT molecular complexity index is 584. The van der Waals surface area contributed by atoms with Crippen LogP contribution in [0, 0.1) is 11.3 Å². The van der Waals surface area contributed by atoms with Crippen LogP contribution in [0.5, 0.6) is 0 Å². The van der Waals surface area contributed by atoms with Gasteiger partial charge in [0.15, 0.2) is 0 Å². The molecule has 2 amide bonds. The highest BCUT2D eigenvalue weighted by molar-refractivity contribution is 5.97. The Kier molecular flexibility index (Phi) is 5.55. The van der Waals surface area contributed by atoms with Crippen molar-refractivity contribution in [2.45, 2.75) is 6.54 Å². The Balaban J connectivity index is 1.90. The van der Waals surface area contributed by atoms with Crippen LogP contribution in [0.3, 0.4) is 0 Å². The molecule has 1 saturated heterocycles. The molecule has 0 spiro atoms. The van der Waals surface area contributed by atoms with E-state index < -0.39 is 0 Å². The van der Waals surface area contributed by atoms with E-state index >= 15 is 0 Å². The second-order valence-electron chi connectivity index (χ2n) is 5.00. The van der Waals surface area contributed by atoms with Crippen LogP contribution < -0.4 is 5.32 Å². The molecule has 1 aliphatic heterocycles. The predicted molar refractivity (Wildman–Crippen MR) is 81.2 cm³/mol. The fourth-order valence-electron chi connectivity index (χ4n) is 2.17. The van der Waals surface area contributed by atoms with Gasteiger partial charge in [-0.05, 0) is 5.56 Å². The summed E-state index contributed by atoms with van der Waals surface area (Å²) in [7, 11) is 0. The zero-order valence-electron chi connectivity index (χ0n) is 12.2. The van der Waals surface area contributed by atoms with Crippen LogP contribution in [0.15, 0.2) is 42.1 Å². The van der Waals surface area contributed by atoms with Crippen LogP contribution in [-0.2, 0) is 16.1 Å². The van der Waals surface area contributed by atoms with Crippen molar-refractivity contribution in [1.29, 1.82) is 5.26 Å². The third-order valence-electron chi connectivity index (χ3n) is 3.47. The standard InChI is InChI=1S/C16H18N4O2/c17-10-15(12-19-6-8-20(13-21)9-7-19)16(22)18-11-14-4-2-1-3-5-14/h1-5,12-13H,6-9,11H2,(H,18,22)/b15-12-. The lowest BCUT2D eigenvalue weighted by molar-refractivity contribution is -0.119. The van der Waals surface area contributed by atoms with Crippen molar-refractivity contribution >= 4 is 12.3 Å². The number of carbonyl (C=O) groups excluding carboxylic acids is 2. The van der Waals surface area contributed by atoms with E-state index in [-0.39, 0.29) is 11.5 Å². The van der Waals surface area contributed by atoms with Gasteiger partial charge in [-0.25, -0.2) is 0 Å². The van der Waals surface area contributed by atoms with Crippen LogP contribution in [0.25, 0.3) is 0 Å². The molecule has 6 nitrogen and oxygen atoms in total. The van der Waals surface area contributed by atoms with Gasteiger partial charge < -0.3 is 15.1 Å². The van der Waals surface area contributed by atoms with Crippen molar-refractivity contribution in [2.24, 2.45) is 0 Å². The molecule has 1 heterocycles. The van der Waals surface area contributed by atoms with E-state index in [0.29, 0.717) is 32.7 Å². The van der Waals surface area contributed by atoms with Gasteiger partial charge in [0.1, 0.15) is 11.6 Å². The summed E-state index contributed by atoms with van der Waals surface area (Å²) in [6.45, 7) is 2.83. The van der Waals surface area contributed by atoms with Crippen molar-refractivity contribution in [3.8, 4) is 6.07 Å². The third-order valence-corrected chi connectivity index (χ3v) is 3.47. The molecule has 114 valence electrons. The van der Waals surface area contributed by atoms with Crippen LogP contribution >= 0.6 is 0 Å². The molecule has 1 fully saturated rings. The second-order valence-corrected chi connectivity index (χ2v) is 5.00.